The molecule has 0 spiro atoms. The fraction of sp³-hybridized carbons (Fsp3) is 0.556. The molecule has 17 heavy (non-hydrogen) atoms. The molecular formula is C9H10ClF3N4. The lowest BCUT2D eigenvalue weighted by molar-refractivity contribution is -0.141. The van der Waals surface area contributed by atoms with Crippen molar-refractivity contribution in [3.8, 4) is 6.07 Å². The van der Waals surface area contributed by atoms with Crippen LogP contribution >= 0.6 is 11.6 Å². The third-order valence-electron chi connectivity index (χ3n) is 2.03. The molecule has 0 saturated carbocycles. The zero-order valence-corrected chi connectivity index (χ0v) is 9.97. The van der Waals surface area contributed by atoms with Crippen LogP contribution in [0.2, 0.25) is 5.15 Å². The first-order valence-corrected chi connectivity index (χ1v) is 5.03. The van der Waals surface area contributed by atoms with Gasteiger partial charge in [0.2, 0.25) is 0 Å². The second-order valence-corrected chi connectivity index (χ2v) is 4.01. The van der Waals surface area contributed by atoms with Gasteiger partial charge in [-0.1, -0.05) is 11.6 Å². The van der Waals surface area contributed by atoms with Gasteiger partial charge >= 0.3 is 6.18 Å². The predicted molar refractivity (Wildman–Crippen MR) is 55.5 cm³/mol. The summed E-state index contributed by atoms with van der Waals surface area (Å²) in [5, 5.41) is 11.7. The molecule has 0 amide bonds. The van der Waals surface area contributed by atoms with Crippen LogP contribution in [-0.2, 0) is 12.7 Å². The number of halogens is 4. The lowest BCUT2D eigenvalue weighted by Gasteiger charge is -2.09. The lowest BCUT2D eigenvalue weighted by Crippen LogP contribution is -2.19. The van der Waals surface area contributed by atoms with Crippen LogP contribution in [0.3, 0.4) is 0 Å². The molecule has 1 heterocycles. The minimum atomic E-state index is -4.67. The van der Waals surface area contributed by atoms with E-state index in [9.17, 15) is 13.2 Å². The maximum Gasteiger partial charge on any atom is 0.436 e. The molecule has 1 aromatic rings. The number of hydrogen-bond donors (Lipinski definition) is 0. The van der Waals surface area contributed by atoms with Crippen molar-refractivity contribution >= 4 is 11.6 Å². The van der Waals surface area contributed by atoms with Gasteiger partial charge in [-0.25, -0.2) is 0 Å². The minimum Gasteiger partial charge on any atom is -0.308 e. The van der Waals surface area contributed by atoms with Crippen molar-refractivity contribution in [2.75, 3.05) is 20.6 Å². The molecule has 0 fully saturated rings. The van der Waals surface area contributed by atoms with Crippen LogP contribution in [0.15, 0.2) is 0 Å². The molecule has 0 aromatic carbocycles. The van der Waals surface area contributed by atoms with Crippen molar-refractivity contribution in [2.45, 2.75) is 12.7 Å². The highest BCUT2D eigenvalue weighted by molar-refractivity contribution is 6.30. The normalized spacial score (nSPS) is 11.9. The SMILES string of the molecule is CN(C)CCn1nc(C(F)(F)F)c(C#N)c1Cl. The first kappa shape index (κ1) is 13.8. The Bertz CT molecular complexity index is 444. The van der Waals surface area contributed by atoms with E-state index >= 15 is 0 Å². The molecule has 0 bridgehead atoms. The average Bonchev–Trinajstić information content (AvgIpc) is 2.51. The van der Waals surface area contributed by atoms with Crippen molar-refractivity contribution in [1.29, 1.82) is 5.26 Å². The summed E-state index contributed by atoms with van der Waals surface area (Å²) in [7, 11) is 3.54. The van der Waals surface area contributed by atoms with Gasteiger partial charge in [-0.2, -0.15) is 23.5 Å². The Morgan fingerprint density at radius 1 is 1.47 bits per heavy atom. The number of rotatable bonds is 3. The Kier molecular flexibility index (Phi) is 4.01. The van der Waals surface area contributed by atoms with E-state index in [1.54, 1.807) is 19.0 Å². The first-order valence-electron chi connectivity index (χ1n) is 4.65. The van der Waals surface area contributed by atoms with E-state index in [-0.39, 0.29) is 11.7 Å². The molecule has 0 aliphatic rings. The third-order valence-corrected chi connectivity index (χ3v) is 2.41. The largest absolute Gasteiger partial charge is 0.436 e. The standard InChI is InChI=1S/C9H10ClF3N4/c1-16(2)3-4-17-8(10)6(5-14)7(15-17)9(11,12)13/h3-4H2,1-2H3. The smallest absolute Gasteiger partial charge is 0.308 e. The molecule has 1 rings (SSSR count). The Hall–Kier alpha value is -1.26. The summed E-state index contributed by atoms with van der Waals surface area (Å²) >= 11 is 5.68. The van der Waals surface area contributed by atoms with E-state index in [2.05, 4.69) is 5.10 Å². The summed E-state index contributed by atoms with van der Waals surface area (Å²) in [4.78, 5) is 1.78. The minimum absolute atomic E-state index is 0.191. The number of aromatic nitrogens is 2. The van der Waals surface area contributed by atoms with Crippen LogP contribution in [0.4, 0.5) is 13.2 Å². The van der Waals surface area contributed by atoms with Gasteiger partial charge in [0.15, 0.2) is 5.69 Å². The fourth-order valence-corrected chi connectivity index (χ4v) is 1.44. The number of nitrogens with zero attached hydrogens (tertiary/aromatic N) is 4. The van der Waals surface area contributed by atoms with E-state index in [1.165, 1.54) is 6.07 Å². The summed E-state index contributed by atoms with van der Waals surface area (Å²) in [5.41, 5.74) is -1.86. The second kappa shape index (κ2) is 4.94. The number of likely N-dealkylation sites (N-methyl/N-ethyl adjacent to an activating group) is 1. The predicted octanol–water partition coefficient (Wildman–Crippen LogP) is 1.99. The summed E-state index contributed by atoms with van der Waals surface area (Å²) in [6, 6.07) is 1.43. The van der Waals surface area contributed by atoms with Gasteiger partial charge < -0.3 is 4.90 Å². The first-order chi connectivity index (χ1) is 7.77. The molecule has 8 heteroatoms. The molecule has 0 unspecified atom stereocenters. The Balaban J connectivity index is 3.11. The molecule has 1 aromatic heterocycles. The van der Waals surface area contributed by atoms with Crippen LogP contribution < -0.4 is 0 Å². The molecule has 0 aliphatic carbocycles. The van der Waals surface area contributed by atoms with Gasteiger partial charge in [0.25, 0.3) is 0 Å². The summed E-state index contributed by atoms with van der Waals surface area (Å²) in [6.45, 7) is 0.667. The second-order valence-electron chi connectivity index (χ2n) is 3.65. The van der Waals surface area contributed by atoms with Gasteiger partial charge in [-0.05, 0) is 14.1 Å². The van der Waals surface area contributed by atoms with Gasteiger partial charge in [0.1, 0.15) is 16.8 Å². The molecular weight excluding hydrogens is 257 g/mol. The van der Waals surface area contributed by atoms with E-state index < -0.39 is 17.4 Å². The van der Waals surface area contributed by atoms with Crippen molar-refractivity contribution < 1.29 is 13.2 Å². The zero-order valence-electron chi connectivity index (χ0n) is 9.21. The molecule has 94 valence electrons. The monoisotopic (exact) mass is 266 g/mol. The highest BCUT2D eigenvalue weighted by Crippen LogP contribution is 2.33. The molecule has 4 nitrogen and oxygen atoms in total. The summed E-state index contributed by atoms with van der Waals surface area (Å²) in [5.74, 6) is 0. The van der Waals surface area contributed by atoms with Gasteiger partial charge in [-0.15, -0.1) is 0 Å². The fourth-order valence-electron chi connectivity index (χ4n) is 1.18. The Morgan fingerprint density at radius 3 is 2.41 bits per heavy atom. The van der Waals surface area contributed by atoms with Crippen LogP contribution in [0.1, 0.15) is 11.3 Å². The van der Waals surface area contributed by atoms with E-state index in [0.717, 1.165) is 4.68 Å². The van der Waals surface area contributed by atoms with Crippen LogP contribution in [0, 0.1) is 11.3 Å². The molecule has 0 N–H and O–H groups in total. The van der Waals surface area contributed by atoms with E-state index in [0.29, 0.717) is 6.54 Å². The van der Waals surface area contributed by atoms with Crippen molar-refractivity contribution in [1.82, 2.24) is 14.7 Å². The number of alkyl halides is 3. The van der Waals surface area contributed by atoms with Crippen molar-refractivity contribution in [2.24, 2.45) is 0 Å². The zero-order chi connectivity index (χ0) is 13.2. The molecule has 0 saturated heterocycles. The number of nitriles is 1. The van der Waals surface area contributed by atoms with E-state index in [4.69, 9.17) is 16.9 Å². The van der Waals surface area contributed by atoms with Crippen molar-refractivity contribution in [3.05, 3.63) is 16.4 Å². The molecule has 0 radical (unpaired) electrons. The summed E-state index contributed by atoms with van der Waals surface area (Å²) < 4.78 is 38.6. The third kappa shape index (κ3) is 3.11. The molecule has 0 atom stereocenters. The van der Waals surface area contributed by atoms with Crippen LogP contribution in [-0.4, -0.2) is 35.3 Å². The number of hydrogen-bond acceptors (Lipinski definition) is 3. The lowest BCUT2D eigenvalue weighted by atomic mass is 10.2. The summed E-state index contributed by atoms with van der Waals surface area (Å²) in [6.07, 6.45) is -4.67. The van der Waals surface area contributed by atoms with Gasteiger partial charge in [0, 0.05) is 6.54 Å². The average molecular weight is 267 g/mol. The van der Waals surface area contributed by atoms with E-state index in [1.807, 2.05) is 0 Å². The topological polar surface area (TPSA) is 44.9 Å². The van der Waals surface area contributed by atoms with Crippen molar-refractivity contribution in [3.63, 3.8) is 0 Å². The Morgan fingerprint density at radius 2 is 2.06 bits per heavy atom. The van der Waals surface area contributed by atoms with Gasteiger partial charge in [0.05, 0.1) is 6.54 Å². The van der Waals surface area contributed by atoms with Crippen LogP contribution in [0.5, 0.6) is 0 Å². The highest BCUT2D eigenvalue weighted by Gasteiger charge is 2.39. The van der Waals surface area contributed by atoms with Crippen LogP contribution in [0.25, 0.3) is 0 Å². The quantitative estimate of drug-likeness (QED) is 0.840. The highest BCUT2D eigenvalue weighted by atomic mass is 35.5. The Labute approximate surface area is 101 Å². The molecule has 0 aliphatic heterocycles. The maximum absolute atomic E-state index is 12.5. The van der Waals surface area contributed by atoms with Gasteiger partial charge in [-0.3, -0.25) is 4.68 Å². The maximum atomic E-state index is 12.5.